The molecule has 2 aromatic rings. The number of hydrazone groups is 1. The van der Waals surface area contributed by atoms with Crippen molar-refractivity contribution in [2.45, 2.75) is 11.8 Å². The normalized spacial score (nSPS) is 11.3. The van der Waals surface area contributed by atoms with Crippen molar-refractivity contribution in [2.75, 3.05) is 13.7 Å². The molecule has 0 saturated carbocycles. The van der Waals surface area contributed by atoms with Crippen LogP contribution in [0.25, 0.3) is 0 Å². The average molecular weight is 379 g/mol. The van der Waals surface area contributed by atoms with Crippen LogP contribution >= 0.6 is 0 Å². The number of rotatable bonds is 8. The fourth-order valence-corrected chi connectivity index (χ4v) is 2.83. The van der Waals surface area contributed by atoms with E-state index in [0.29, 0.717) is 17.9 Å². The van der Waals surface area contributed by atoms with Gasteiger partial charge in [0, 0.05) is 11.6 Å². The Morgan fingerprint density at radius 1 is 1.23 bits per heavy atom. The second kappa shape index (κ2) is 8.30. The number of hydrogen-bond donors (Lipinski definition) is 1. The van der Waals surface area contributed by atoms with Gasteiger partial charge in [0.25, 0.3) is 10.0 Å². The van der Waals surface area contributed by atoms with Gasteiger partial charge in [-0.3, -0.25) is 10.1 Å². The minimum absolute atomic E-state index is 0.0128. The molecule has 0 unspecified atom stereocenters. The molecule has 0 spiro atoms. The first-order valence-electron chi connectivity index (χ1n) is 7.47. The molecule has 9 nitrogen and oxygen atoms in total. The summed E-state index contributed by atoms with van der Waals surface area (Å²) in [5, 5.41) is 14.6. The molecule has 0 bridgehead atoms. The summed E-state index contributed by atoms with van der Waals surface area (Å²) in [4.78, 5) is 12.5. The zero-order valence-electron chi connectivity index (χ0n) is 14.1. The fraction of sp³-hybridized carbons (Fsp3) is 0.188. The highest BCUT2D eigenvalue weighted by Crippen LogP contribution is 2.26. The molecule has 0 fully saturated rings. The second-order valence-electron chi connectivity index (χ2n) is 4.95. The van der Waals surface area contributed by atoms with Crippen molar-refractivity contribution in [1.82, 2.24) is 4.83 Å². The van der Waals surface area contributed by atoms with Crippen molar-refractivity contribution in [3.8, 4) is 11.5 Å². The summed E-state index contributed by atoms with van der Waals surface area (Å²) in [6, 6.07) is 10.00. The van der Waals surface area contributed by atoms with E-state index in [2.05, 4.69) is 9.93 Å². The number of benzene rings is 2. The van der Waals surface area contributed by atoms with Crippen LogP contribution in [0, 0.1) is 10.1 Å². The van der Waals surface area contributed by atoms with Gasteiger partial charge in [-0.25, -0.2) is 4.83 Å². The zero-order valence-corrected chi connectivity index (χ0v) is 14.9. The highest BCUT2D eigenvalue weighted by molar-refractivity contribution is 7.89. The summed E-state index contributed by atoms with van der Waals surface area (Å²) in [7, 11) is -2.54. The molecule has 1 N–H and O–H groups in total. The Bertz CT molecular complexity index is 910. The molecule has 0 atom stereocenters. The van der Waals surface area contributed by atoms with Gasteiger partial charge >= 0.3 is 5.69 Å². The molecular weight excluding hydrogens is 362 g/mol. The lowest BCUT2D eigenvalue weighted by molar-refractivity contribution is -0.385. The van der Waals surface area contributed by atoms with Gasteiger partial charge in [0.1, 0.15) is 5.75 Å². The average Bonchev–Trinajstić information content (AvgIpc) is 2.62. The van der Waals surface area contributed by atoms with Crippen molar-refractivity contribution in [3.63, 3.8) is 0 Å². The summed E-state index contributed by atoms with van der Waals surface area (Å²) >= 11 is 0. The SMILES string of the molecule is CCOc1ccc(S(=O)(=O)N/N=C/c2ccc(OC)c([N+](=O)[O-])c2)cc1. The van der Waals surface area contributed by atoms with Crippen LogP contribution < -0.4 is 14.3 Å². The van der Waals surface area contributed by atoms with E-state index in [4.69, 9.17) is 9.47 Å². The summed E-state index contributed by atoms with van der Waals surface area (Å²) in [5.41, 5.74) is 0.0951. The first kappa shape index (κ1) is 19.2. The van der Waals surface area contributed by atoms with Crippen molar-refractivity contribution in [2.24, 2.45) is 5.10 Å². The van der Waals surface area contributed by atoms with Gasteiger partial charge in [-0.2, -0.15) is 13.5 Å². The van der Waals surface area contributed by atoms with Crippen LogP contribution in [0.5, 0.6) is 11.5 Å². The molecule has 2 rings (SSSR count). The molecule has 10 heteroatoms. The van der Waals surface area contributed by atoms with E-state index in [1.807, 2.05) is 6.92 Å². The predicted octanol–water partition coefficient (Wildman–Crippen LogP) is 2.31. The molecule has 0 radical (unpaired) electrons. The van der Waals surface area contributed by atoms with E-state index in [1.165, 1.54) is 55.8 Å². The summed E-state index contributed by atoms with van der Waals surface area (Å²) in [6.45, 7) is 2.30. The maximum Gasteiger partial charge on any atom is 0.311 e. The predicted molar refractivity (Wildman–Crippen MR) is 95.2 cm³/mol. The minimum Gasteiger partial charge on any atom is -0.494 e. The molecule has 0 heterocycles. The molecule has 0 aliphatic heterocycles. The Morgan fingerprint density at radius 3 is 2.50 bits per heavy atom. The van der Waals surface area contributed by atoms with Crippen LogP contribution in [0.2, 0.25) is 0 Å². The molecule has 0 amide bonds. The lowest BCUT2D eigenvalue weighted by Gasteiger charge is -2.06. The van der Waals surface area contributed by atoms with Crippen molar-refractivity contribution >= 4 is 21.9 Å². The number of nitrogens with one attached hydrogen (secondary N) is 1. The van der Waals surface area contributed by atoms with Crippen LogP contribution in [-0.2, 0) is 10.0 Å². The van der Waals surface area contributed by atoms with Crippen LogP contribution in [-0.4, -0.2) is 33.3 Å². The molecule has 26 heavy (non-hydrogen) atoms. The van der Waals surface area contributed by atoms with E-state index < -0.39 is 14.9 Å². The number of ether oxygens (including phenoxy) is 2. The topological polar surface area (TPSA) is 120 Å². The van der Waals surface area contributed by atoms with Gasteiger partial charge in [-0.05, 0) is 43.3 Å². The van der Waals surface area contributed by atoms with E-state index in [1.54, 1.807) is 0 Å². The number of nitro benzene ring substituents is 1. The Morgan fingerprint density at radius 2 is 1.92 bits per heavy atom. The summed E-state index contributed by atoms with van der Waals surface area (Å²) in [6.07, 6.45) is 1.17. The summed E-state index contributed by atoms with van der Waals surface area (Å²) in [5.74, 6) is 0.655. The van der Waals surface area contributed by atoms with E-state index >= 15 is 0 Å². The van der Waals surface area contributed by atoms with Crippen molar-refractivity contribution < 1.29 is 22.8 Å². The first-order valence-corrected chi connectivity index (χ1v) is 8.96. The van der Waals surface area contributed by atoms with Gasteiger partial charge in [0.05, 0.1) is 29.8 Å². The number of nitrogens with zero attached hydrogens (tertiary/aromatic N) is 2. The van der Waals surface area contributed by atoms with Gasteiger partial charge in [-0.1, -0.05) is 0 Å². The Hall–Kier alpha value is -3.14. The van der Waals surface area contributed by atoms with Crippen LogP contribution in [0.15, 0.2) is 52.5 Å². The molecule has 0 aliphatic carbocycles. The molecule has 0 aliphatic rings. The number of sulfonamides is 1. The largest absolute Gasteiger partial charge is 0.494 e. The number of methoxy groups -OCH3 is 1. The monoisotopic (exact) mass is 379 g/mol. The van der Waals surface area contributed by atoms with Crippen molar-refractivity contribution in [1.29, 1.82) is 0 Å². The van der Waals surface area contributed by atoms with E-state index in [0.717, 1.165) is 0 Å². The number of hydrogen-bond acceptors (Lipinski definition) is 7. The Kier molecular flexibility index (Phi) is 6.12. The van der Waals surface area contributed by atoms with Crippen LogP contribution in [0.1, 0.15) is 12.5 Å². The highest BCUT2D eigenvalue weighted by Gasteiger charge is 2.15. The van der Waals surface area contributed by atoms with E-state index in [9.17, 15) is 18.5 Å². The molecular formula is C16H17N3O6S. The quantitative estimate of drug-likeness (QED) is 0.427. The van der Waals surface area contributed by atoms with Crippen LogP contribution in [0.3, 0.4) is 0 Å². The maximum atomic E-state index is 12.2. The third-order valence-corrected chi connectivity index (χ3v) is 4.47. The fourth-order valence-electron chi connectivity index (χ4n) is 2.03. The highest BCUT2D eigenvalue weighted by atomic mass is 32.2. The lowest BCUT2D eigenvalue weighted by Crippen LogP contribution is -2.18. The third kappa shape index (κ3) is 4.70. The standard InChI is InChI=1S/C16H17N3O6S/c1-3-25-13-5-7-14(8-6-13)26(22,23)18-17-11-12-4-9-16(24-2)15(10-12)19(20)21/h4-11,18H,3H2,1-2H3/b17-11+. The lowest BCUT2D eigenvalue weighted by atomic mass is 10.2. The molecule has 0 aromatic heterocycles. The van der Waals surface area contributed by atoms with Gasteiger partial charge in [0.15, 0.2) is 5.75 Å². The van der Waals surface area contributed by atoms with E-state index in [-0.39, 0.29) is 16.3 Å². The summed E-state index contributed by atoms with van der Waals surface area (Å²) < 4.78 is 34.5. The van der Waals surface area contributed by atoms with Crippen LogP contribution in [0.4, 0.5) is 5.69 Å². The smallest absolute Gasteiger partial charge is 0.311 e. The van der Waals surface area contributed by atoms with Gasteiger partial charge in [-0.15, -0.1) is 0 Å². The molecule has 2 aromatic carbocycles. The Balaban J connectivity index is 2.13. The minimum atomic E-state index is -3.86. The van der Waals surface area contributed by atoms with Gasteiger partial charge < -0.3 is 9.47 Å². The second-order valence-corrected chi connectivity index (χ2v) is 6.61. The number of nitro groups is 1. The van der Waals surface area contributed by atoms with Gasteiger partial charge in [0.2, 0.25) is 0 Å². The molecule has 0 saturated heterocycles. The Labute approximate surface area is 150 Å². The first-order chi connectivity index (χ1) is 12.4. The zero-order chi connectivity index (χ0) is 19.2. The van der Waals surface area contributed by atoms with Crippen molar-refractivity contribution in [3.05, 3.63) is 58.1 Å². The maximum absolute atomic E-state index is 12.2. The third-order valence-electron chi connectivity index (χ3n) is 3.23. The molecule has 138 valence electrons.